The first-order chi connectivity index (χ1) is 11.0. The van der Waals surface area contributed by atoms with E-state index in [4.69, 9.17) is 0 Å². The smallest absolute Gasteiger partial charge is 0.458 e. The van der Waals surface area contributed by atoms with Crippen molar-refractivity contribution in [1.82, 2.24) is 0 Å². The highest BCUT2D eigenvalue weighted by molar-refractivity contribution is 5.90. The molecular weight excluding hydrogens is 339 g/mol. The third-order valence-corrected chi connectivity index (χ3v) is 3.96. The lowest BCUT2D eigenvalue weighted by molar-refractivity contribution is -0.289. The van der Waals surface area contributed by atoms with Crippen molar-refractivity contribution in [2.45, 2.75) is 18.5 Å². The summed E-state index contributed by atoms with van der Waals surface area (Å²) in [6, 6.07) is 2.80. The number of hydrogen-bond donors (Lipinski definition) is 4. The molecule has 9 heteroatoms. The van der Waals surface area contributed by atoms with Gasteiger partial charge in [0.05, 0.1) is 0 Å². The zero-order chi connectivity index (χ0) is 18.0. The van der Waals surface area contributed by atoms with Crippen LogP contribution < -0.4 is 0 Å². The maximum atomic E-state index is 13.8. The summed E-state index contributed by atoms with van der Waals surface area (Å²) in [4.78, 5) is 0. The number of fused-ring (bicyclic) bond motifs is 3. The molecule has 0 radical (unpaired) electrons. The highest BCUT2D eigenvalue weighted by Crippen LogP contribution is 2.58. The Bertz CT molecular complexity index is 858. The van der Waals surface area contributed by atoms with Crippen LogP contribution in [0, 0.1) is 0 Å². The molecule has 3 rings (SSSR count). The number of phenolic OH excluding ortho intramolecular Hbond substituents is 4. The molecule has 0 fully saturated rings. The number of hydrogen-bond acceptors (Lipinski definition) is 4. The van der Waals surface area contributed by atoms with E-state index in [0.29, 0.717) is 6.07 Å². The maximum absolute atomic E-state index is 13.8. The van der Waals surface area contributed by atoms with Gasteiger partial charge >= 0.3 is 12.1 Å². The van der Waals surface area contributed by atoms with Crippen molar-refractivity contribution in [1.29, 1.82) is 0 Å². The first-order valence-electron chi connectivity index (χ1n) is 6.54. The lowest BCUT2D eigenvalue weighted by Crippen LogP contribution is -2.34. The molecule has 4 nitrogen and oxygen atoms in total. The summed E-state index contributed by atoms with van der Waals surface area (Å²) in [7, 11) is 0. The normalized spacial score (nSPS) is 13.7. The van der Waals surface area contributed by atoms with Crippen LogP contribution >= 0.6 is 0 Å². The molecule has 0 bridgehead atoms. The molecule has 0 saturated heterocycles. The Labute approximate surface area is 131 Å². The van der Waals surface area contributed by atoms with E-state index in [1.807, 2.05) is 0 Å². The monoisotopic (exact) mass is 348 g/mol. The lowest BCUT2D eigenvalue weighted by atomic mass is 9.94. The molecular formula is C15H9F5O4. The van der Waals surface area contributed by atoms with E-state index in [2.05, 4.69) is 0 Å². The van der Waals surface area contributed by atoms with Crippen molar-refractivity contribution >= 4 is 0 Å². The SMILES string of the molecule is Oc1c(O)c(O)c2c(c1O)Cc1cccc(C(F)(F)C(F)(F)F)c1-2. The highest BCUT2D eigenvalue weighted by Gasteiger charge is 2.60. The summed E-state index contributed by atoms with van der Waals surface area (Å²) in [6.07, 6.45) is -6.17. The van der Waals surface area contributed by atoms with Crippen LogP contribution in [-0.4, -0.2) is 26.6 Å². The average Bonchev–Trinajstić information content (AvgIpc) is 2.89. The number of phenols is 4. The summed E-state index contributed by atoms with van der Waals surface area (Å²) in [5.74, 6) is -9.47. The molecule has 2 aromatic carbocycles. The van der Waals surface area contributed by atoms with Crippen molar-refractivity contribution in [2.24, 2.45) is 0 Å². The molecule has 1 aliphatic rings. The summed E-state index contributed by atoms with van der Waals surface area (Å²) in [6.45, 7) is 0. The van der Waals surface area contributed by atoms with E-state index in [-0.39, 0.29) is 17.5 Å². The van der Waals surface area contributed by atoms with E-state index >= 15 is 0 Å². The molecule has 0 aromatic heterocycles. The summed E-state index contributed by atoms with van der Waals surface area (Å²) in [5.41, 5.74) is -2.86. The molecule has 0 heterocycles. The molecule has 0 atom stereocenters. The van der Waals surface area contributed by atoms with Gasteiger partial charge in [-0.2, -0.15) is 22.0 Å². The van der Waals surface area contributed by atoms with Crippen LogP contribution in [0.5, 0.6) is 23.0 Å². The summed E-state index contributed by atoms with van der Waals surface area (Å²) < 4.78 is 65.9. The number of benzene rings is 2. The Balaban J connectivity index is 2.39. The van der Waals surface area contributed by atoms with Gasteiger partial charge in [-0.25, -0.2) is 0 Å². The number of rotatable bonds is 1. The Kier molecular flexibility index (Phi) is 3.13. The Hall–Kier alpha value is -2.71. The molecule has 2 aromatic rings. The minimum Gasteiger partial charge on any atom is -0.504 e. The number of halogens is 5. The van der Waals surface area contributed by atoms with Gasteiger partial charge in [0.2, 0.25) is 11.5 Å². The third-order valence-electron chi connectivity index (χ3n) is 3.96. The van der Waals surface area contributed by atoms with E-state index in [9.17, 15) is 42.4 Å². The van der Waals surface area contributed by atoms with E-state index in [1.54, 1.807) is 0 Å². The van der Waals surface area contributed by atoms with Gasteiger partial charge in [-0.05, 0) is 11.1 Å². The predicted molar refractivity (Wildman–Crippen MR) is 71.3 cm³/mol. The zero-order valence-corrected chi connectivity index (χ0v) is 11.6. The second-order valence-electron chi connectivity index (χ2n) is 5.34. The van der Waals surface area contributed by atoms with Crippen LogP contribution in [0.3, 0.4) is 0 Å². The fraction of sp³-hybridized carbons (Fsp3) is 0.200. The van der Waals surface area contributed by atoms with Crippen LogP contribution in [0.1, 0.15) is 16.7 Å². The second-order valence-corrected chi connectivity index (χ2v) is 5.34. The van der Waals surface area contributed by atoms with Crippen molar-refractivity contribution in [3.05, 3.63) is 34.9 Å². The average molecular weight is 348 g/mol. The quantitative estimate of drug-likeness (QED) is 0.307. The topological polar surface area (TPSA) is 80.9 Å². The molecule has 1 aliphatic carbocycles. The molecule has 0 unspecified atom stereocenters. The van der Waals surface area contributed by atoms with Gasteiger partial charge in [0.1, 0.15) is 0 Å². The second kappa shape index (κ2) is 4.65. The van der Waals surface area contributed by atoms with Gasteiger partial charge in [0.25, 0.3) is 0 Å². The van der Waals surface area contributed by atoms with Gasteiger partial charge in [0.15, 0.2) is 11.5 Å². The van der Waals surface area contributed by atoms with Gasteiger partial charge in [-0.1, -0.05) is 18.2 Å². The minimum absolute atomic E-state index is 0.0120. The van der Waals surface area contributed by atoms with Gasteiger partial charge in [0, 0.05) is 23.1 Å². The molecule has 0 saturated carbocycles. The first kappa shape index (κ1) is 16.2. The fourth-order valence-electron chi connectivity index (χ4n) is 2.84. The van der Waals surface area contributed by atoms with Crippen LogP contribution in [0.25, 0.3) is 11.1 Å². The molecule has 0 aliphatic heterocycles. The van der Waals surface area contributed by atoms with Crippen LogP contribution in [-0.2, 0) is 12.3 Å². The highest BCUT2D eigenvalue weighted by atomic mass is 19.4. The molecule has 24 heavy (non-hydrogen) atoms. The fourth-order valence-corrected chi connectivity index (χ4v) is 2.84. The Morgan fingerprint density at radius 1 is 0.750 bits per heavy atom. The third kappa shape index (κ3) is 1.90. The van der Waals surface area contributed by atoms with Crippen molar-refractivity contribution < 1.29 is 42.4 Å². The van der Waals surface area contributed by atoms with Gasteiger partial charge in [-0.3, -0.25) is 0 Å². The Morgan fingerprint density at radius 3 is 1.92 bits per heavy atom. The predicted octanol–water partition coefficient (Wildman–Crippen LogP) is 3.73. The summed E-state index contributed by atoms with van der Waals surface area (Å²) >= 11 is 0. The van der Waals surface area contributed by atoms with Gasteiger partial charge in [-0.15, -0.1) is 0 Å². The van der Waals surface area contributed by atoms with Crippen LogP contribution in [0.15, 0.2) is 18.2 Å². The van der Waals surface area contributed by atoms with Crippen molar-refractivity contribution in [3.63, 3.8) is 0 Å². The van der Waals surface area contributed by atoms with E-state index < -0.39 is 51.8 Å². The molecule has 0 amide bonds. The van der Waals surface area contributed by atoms with Crippen molar-refractivity contribution in [3.8, 4) is 34.1 Å². The molecule has 128 valence electrons. The minimum atomic E-state index is -5.87. The molecule has 0 spiro atoms. The van der Waals surface area contributed by atoms with Crippen molar-refractivity contribution in [2.75, 3.05) is 0 Å². The number of aromatic hydroxyl groups is 4. The molecule has 4 N–H and O–H groups in total. The maximum Gasteiger partial charge on any atom is 0.458 e. The van der Waals surface area contributed by atoms with Crippen LogP contribution in [0.4, 0.5) is 22.0 Å². The van der Waals surface area contributed by atoms with E-state index in [1.165, 1.54) is 6.07 Å². The van der Waals surface area contributed by atoms with Gasteiger partial charge < -0.3 is 20.4 Å². The van der Waals surface area contributed by atoms with E-state index in [0.717, 1.165) is 6.07 Å². The first-order valence-corrected chi connectivity index (χ1v) is 6.54. The van der Waals surface area contributed by atoms with Crippen LogP contribution in [0.2, 0.25) is 0 Å². The zero-order valence-electron chi connectivity index (χ0n) is 11.6. The summed E-state index contributed by atoms with van der Waals surface area (Å²) in [5, 5.41) is 38.8. The lowest BCUT2D eigenvalue weighted by Gasteiger charge is -2.23. The number of alkyl halides is 5. The standard InChI is InChI=1S/C15H9F5O4/c16-14(17,15(18,19)20)7-3-1-2-5-4-6-9(8(5)7)11(22)13(24)12(23)10(6)21/h1-3,21-24H,4H2. The Morgan fingerprint density at radius 2 is 1.33 bits per heavy atom. The largest absolute Gasteiger partial charge is 0.504 e.